The third kappa shape index (κ3) is 4.61. The summed E-state index contributed by atoms with van der Waals surface area (Å²) < 4.78 is 0. The lowest BCUT2D eigenvalue weighted by Gasteiger charge is -2.50. The van der Waals surface area contributed by atoms with Crippen molar-refractivity contribution in [3.63, 3.8) is 0 Å². The molecule has 0 radical (unpaired) electrons. The van der Waals surface area contributed by atoms with Gasteiger partial charge in [-0.2, -0.15) is 0 Å². The van der Waals surface area contributed by atoms with E-state index in [0.29, 0.717) is 0 Å². The largest absolute Gasteiger partial charge is 0.310 e. The lowest BCUT2D eigenvalue weighted by Crippen LogP contribution is -2.44. The minimum Gasteiger partial charge on any atom is -0.310 e. The molecule has 10 aromatic rings. The number of hydrogen-bond acceptors (Lipinski definition) is 1. The molecule has 308 valence electrons. The summed E-state index contributed by atoms with van der Waals surface area (Å²) in [6.45, 7) is 4.71. The molecule has 0 fully saturated rings. The number of benzene rings is 9. The van der Waals surface area contributed by atoms with Crippen molar-refractivity contribution >= 4 is 17.1 Å². The maximum atomic E-state index is 3.50. The van der Waals surface area contributed by atoms with Crippen LogP contribution < -0.4 is 4.90 Å². The van der Waals surface area contributed by atoms with Crippen molar-refractivity contribution in [2.45, 2.75) is 30.1 Å². The average Bonchev–Trinajstić information content (AvgIpc) is 3.93. The standard InChI is InChI=1S/C65H43N/c1-63(2)52-26-11-6-21-46(52)51-40-39-45(41-60(51)63)66(44-37-35-43(36-38-44)42-19-4-3-5-20-42)61-34-18-33-59-62(61)65(55-29-14-9-24-49(55)50-25-10-15-30-56(50)65)58-32-17-16-31-57(58)64(59)53-27-12-7-22-47(53)48-23-8-13-28-54(48)64/h3-5,7-20,22-41H,1-2H3. The maximum absolute atomic E-state index is 3.50. The quantitative estimate of drug-likeness (QED) is 0.171. The first-order valence-corrected chi connectivity index (χ1v) is 23.2. The Morgan fingerprint density at radius 3 is 1.44 bits per heavy atom. The summed E-state index contributed by atoms with van der Waals surface area (Å²) in [7, 11) is 0. The number of fused-ring (bicyclic) bond motifs is 19. The first-order chi connectivity index (χ1) is 32.5. The van der Waals surface area contributed by atoms with Gasteiger partial charge in [0.15, 0.2) is 0 Å². The Morgan fingerprint density at radius 1 is 0.348 bits per heavy atom. The smallest absolute Gasteiger partial charge is 0.0740 e. The molecule has 0 N–H and O–H groups in total. The van der Waals surface area contributed by atoms with Crippen LogP contribution in [0.15, 0.2) is 224 Å². The molecule has 1 heteroatoms. The molecule has 0 atom stereocenters. The van der Waals surface area contributed by atoms with Crippen LogP contribution in [0.25, 0.3) is 44.5 Å². The molecule has 10 aromatic carbocycles. The van der Waals surface area contributed by atoms with Gasteiger partial charge in [0.05, 0.1) is 16.5 Å². The van der Waals surface area contributed by atoms with E-state index >= 15 is 0 Å². The molecule has 0 amide bonds. The van der Waals surface area contributed by atoms with E-state index in [9.17, 15) is 0 Å². The van der Waals surface area contributed by atoms with Crippen LogP contribution in [0.4, 0.5) is 17.1 Å². The van der Waals surface area contributed by atoms with Gasteiger partial charge >= 0.3 is 0 Å². The molecule has 1 nitrogen and oxygen atoms in total. The van der Waals surface area contributed by atoms with Gasteiger partial charge in [-0.05, 0) is 131 Å². The molecule has 4 aliphatic carbocycles. The third-order valence-electron chi connectivity index (χ3n) is 15.6. The Labute approximate surface area is 387 Å². The first-order valence-electron chi connectivity index (χ1n) is 23.2. The summed E-state index contributed by atoms with van der Waals surface area (Å²) in [5, 5.41) is 0. The number of rotatable bonds is 4. The van der Waals surface area contributed by atoms with E-state index in [2.05, 4.69) is 249 Å². The van der Waals surface area contributed by atoms with Crippen molar-refractivity contribution in [3.8, 4) is 44.5 Å². The van der Waals surface area contributed by atoms with Crippen LogP contribution in [0.5, 0.6) is 0 Å². The summed E-state index contributed by atoms with van der Waals surface area (Å²) in [6, 6.07) is 91.5. The molecule has 2 spiro atoms. The normalized spacial score (nSPS) is 15.1. The summed E-state index contributed by atoms with van der Waals surface area (Å²) >= 11 is 0. The number of hydrogen-bond donors (Lipinski definition) is 0. The molecule has 4 aliphatic rings. The molecule has 66 heavy (non-hydrogen) atoms. The molecule has 0 aromatic heterocycles. The fourth-order valence-electron chi connectivity index (χ4n) is 13.0. The SMILES string of the molecule is CC1(C)c2ccc#cc2-c2ccc(N(c3ccc(-c4ccccc4)cc3)c3cccc4c3C3(c5ccccc5-c5ccccc53)c3ccccc3C43c4ccccc4-c4ccccc43)cc21. The molecular weight excluding hydrogens is 795 g/mol. The van der Waals surface area contributed by atoms with Crippen molar-refractivity contribution in [1.82, 2.24) is 0 Å². The van der Waals surface area contributed by atoms with Gasteiger partial charge in [-0.25, -0.2) is 0 Å². The lowest BCUT2D eigenvalue weighted by atomic mass is 9.52. The Hall–Kier alpha value is -8.18. The number of anilines is 3. The van der Waals surface area contributed by atoms with Crippen LogP contribution in [0.1, 0.15) is 69.5 Å². The highest BCUT2D eigenvalue weighted by atomic mass is 15.1. The van der Waals surface area contributed by atoms with Gasteiger partial charge in [-0.15, -0.1) is 0 Å². The Bertz CT molecular complexity index is 3540. The van der Waals surface area contributed by atoms with E-state index in [1.807, 2.05) is 6.07 Å². The van der Waals surface area contributed by atoms with E-state index in [1.165, 1.54) is 94.6 Å². The van der Waals surface area contributed by atoms with Gasteiger partial charge < -0.3 is 4.90 Å². The predicted molar refractivity (Wildman–Crippen MR) is 270 cm³/mol. The third-order valence-corrected chi connectivity index (χ3v) is 15.6. The maximum Gasteiger partial charge on any atom is 0.0740 e. The fourth-order valence-corrected chi connectivity index (χ4v) is 13.0. The molecule has 14 rings (SSSR count). The predicted octanol–water partition coefficient (Wildman–Crippen LogP) is 15.8. The number of nitrogens with zero attached hydrogens (tertiary/aromatic N) is 1. The highest BCUT2D eigenvalue weighted by Gasteiger charge is 2.60. The Kier molecular flexibility index (Phi) is 7.57. The molecule has 0 saturated carbocycles. The zero-order chi connectivity index (χ0) is 43.8. The van der Waals surface area contributed by atoms with Gasteiger partial charge in [0.2, 0.25) is 0 Å². The molecule has 0 heterocycles. The van der Waals surface area contributed by atoms with Gasteiger partial charge in [-0.3, -0.25) is 0 Å². The Balaban J connectivity index is 1.14. The lowest BCUT2D eigenvalue weighted by molar-refractivity contribution is 0.633. The summed E-state index contributed by atoms with van der Waals surface area (Å²) in [5.41, 5.74) is 25.0. The van der Waals surface area contributed by atoms with Crippen molar-refractivity contribution in [2.75, 3.05) is 4.90 Å². The second-order valence-corrected chi connectivity index (χ2v) is 18.9. The van der Waals surface area contributed by atoms with Crippen LogP contribution in [-0.4, -0.2) is 0 Å². The van der Waals surface area contributed by atoms with Gasteiger partial charge in [0.1, 0.15) is 0 Å². The highest BCUT2D eigenvalue weighted by molar-refractivity contribution is 5.97. The fraction of sp³-hybridized carbons (Fsp3) is 0.0769. The van der Waals surface area contributed by atoms with Gasteiger partial charge in [-0.1, -0.05) is 208 Å². The van der Waals surface area contributed by atoms with Crippen LogP contribution in [0.3, 0.4) is 0 Å². The summed E-state index contributed by atoms with van der Waals surface area (Å²) in [4.78, 5) is 2.57. The van der Waals surface area contributed by atoms with Crippen LogP contribution in [-0.2, 0) is 16.2 Å². The van der Waals surface area contributed by atoms with E-state index in [1.54, 1.807) is 0 Å². The second kappa shape index (κ2) is 13.4. The summed E-state index contributed by atoms with van der Waals surface area (Å²) in [5.74, 6) is 0. The van der Waals surface area contributed by atoms with Crippen LogP contribution in [0, 0.1) is 12.1 Å². The molecule has 0 unspecified atom stereocenters. The second-order valence-electron chi connectivity index (χ2n) is 18.9. The van der Waals surface area contributed by atoms with Crippen LogP contribution >= 0.6 is 0 Å². The molecule has 0 bridgehead atoms. The first kappa shape index (κ1) is 37.2. The molecular formula is C65H43N. The van der Waals surface area contributed by atoms with Crippen molar-refractivity contribution < 1.29 is 0 Å². The molecule has 0 saturated heterocycles. The topological polar surface area (TPSA) is 3.24 Å². The van der Waals surface area contributed by atoms with E-state index in [0.717, 1.165) is 22.6 Å². The highest BCUT2D eigenvalue weighted by Crippen LogP contribution is 2.69. The molecule has 0 aliphatic heterocycles. The van der Waals surface area contributed by atoms with Crippen molar-refractivity contribution in [2.24, 2.45) is 0 Å². The van der Waals surface area contributed by atoms with Crippen molar-refractivity contribution in [1.29, 1.82) is 0 Å². The van der Waals surface area contributed by atoms with E-state index < -0.39 is 10.8 Å². The Morgan fingerprint density at radius 2 is 0.833 bits per heavy atom. The van der Waals surface area contributed by atoms with Gasteiger partial charge in [0.25, 0.3) is 0 Å². The summed E-state index contributed by atoms with van der Waals surface area (Å²) in [6.07, 6.45) is 0. The van der Waals surface area contributed by atoms with Gasteiger partial charge in [0, 0.05) is 27.9 Å². The van der Waals surface area contributed by atoms with E-state index in [4.69, 9.17) is 0 Å². The average molecular weight is 838 g/mol. The zero-order valence-electron chi connectivity index (χ0n) is 36.8. The minimum absolute atomic E-state index is 0.226. The zero-order valence-corrected chi connectivity index (χ0v) is 36.8. The monoisotopic (exact) mass is 837 g/mol. The van der Waals surface area contributed by atoms with E-state index in [-0.39, 0.29) is 5.41 Å². The minimum atomic E-state index is -0.660. The van der Waals surface area contributed by atoms with Crippen molar-refractivity contribution in [3.05, 3.63) is 292 Å². The van der Waals surface area contributed by atoms with Crippen LogP contribution in [0.2, 0.25) is 0 Å².